The van der Waals surface area contributed by atoms with Gasteiger partial charge in [0.1, 0.15) is 5.82 Å². The number of nitrogens with zero attached hydrogens (tertiary/aromatic N) is 2. The molecule has 1 aromatic rings. The maximum atomic E-state index is 12.9. The molecule has 1 saturated heterocycles. The van der Waals surface area contributed by atoms with Crippen LogP contribution in [0.3, 0.4) is 0 Å². The molecule has 1 aromatic carbocycles. The number of benzene rings is 1. The normalized spacial score (nSPS) is 15.7. The number of halogens is 2. The average molecular weight is 563 g/mol. The average Bonchev–Trinajstić information content (AvgIpc) is 2.68. The summed E-state index contributed by atoms with van der Waals surface area (Å²) in [6, 6.07) is 6.47. The SMILES string of the molecule is CN=C(NCCCSc1ccc(F)cc1)NCCS(=O)(=O)N1CCSCC1.I. The highest BCUT2D eigenvalue weighted by molar-refractivity contribution is 14.0. The minimum absolute atomic E-state index is 0. The lowest BCUT2D eigenvalue weighted by Crippen LogP contribution is -2.44. The molecule has 0 radical (unpaired) electrons. The molecule has 28 heavy (non-hydrogen) atoms. The van der Waals surface area contributed by atoms with E-state index in [-0.39, 0.29) is 35.5 Å². The quantitative estimate of drug-likeness (QED) is 0.159. The van der Waals surface area contributed by atoms with Gasteiger partial charge in [-0.15, -0.1) is 35.7 Å². The van der Waals surface area contributed by atoms with Crippen molar-refractivity contribution in [2.24, 2.45) is 4.99 Å². The van der Waals surface area contributed by atoms with E-state index in [4.69, 9.17) is 0 Å². The van der Waals surface area contributed by atoms with Crippen LogP contribution in [0.5, 0.6) is 0 Å². The fraction of sp³-hybridized carbons (Fsp3) is 0.588. The van der Waals surface area contributed by atoms with Crippen LogP contribution in [-0.4, -0.2) is 74.9 Å². The molecular formula is C17H28FIN4O2S3. The third-order valence-electron chi connectivity index (χ3n) is 3.94. The zero-order chi connectivity index (χ0) is 19.5. The summed E-state index contributed by atoms with van der Waals surface area (Å²) < 4.78 is 39.0. The number of sulfonamides is 1. The van der Waals surface area contributed by atoms with Crippen LogP contribution in [0.25, 0.3) is 0 Å². The molecule has 0 aromatic heterocycles. The first kappa shape index (κ1) is 25.8. The number of thioether (sulfide) groups is 2. The summed E-state index contributed by atoms with van der Waals surface area (Å²) >= 11 is 3.46. The predicted octanol–water partition coefficient (Wildman–Crippen LogP) is 2.47. The van der Waals surface area contributed by atoms with E-state index in [2.05, 4.69) is 15.6 Å². The molecule has 2 N–H and O–H groups in total. The minimum Gasteiger partial charge on any atom is -0.356 e. The lowest BCUT2D eigenvalue weighted by Gasteiger charge is -2.25. The molecule has 0 amide bonds. The van der Waals surface area contributed by atoms with Gasteiger partial charge in [-0.3, -0.25) is 4.99 Å². The van der Waals surface area contributed by atoms with Crippen LogP contribution in [0.1, 0.15) is 6.42 Å². The summed E-state index contributed by atoms with van der Waals surface area (Å²) in [6.45, 7) is 2.26. The fourth-order valence-electron chi connectivity index (χ4n) is 2.47. The second kappa shape index (κ2) is 13.9. The summed E-state index contributed by atoms with van der Waals surface area (Å²) in [6.07, 6.45) is 0.909. The van der Waals surface area contributed by atoms with Crippen molar-refractivity contribution in [1.82, 2.24) is 14.9 Å². The summed E-state index contributed by atoms with van der Waals surface area (Å²) in [5.41, 5.74) is 0. The van der Waals surface area contributed by atoms with Crippen LogP contribution in [0.2, 0.25) is 0 Å². The van der Waals surface area contributed by atoms with Gasteiger partial charge in [0, 0.05) is 49.6 Å². The van der Waals surface area contributed by atoms with Gasteiger partial charge in [0.25, 0.3) is 0 Å². The molecule has 160 valence electrons. The first-order valence-corrected chi connectivity index (χ1v) is 12.6. The lowest BCUT2D eigenvalue weighted by atomic mass is 10.4. The molecule has 0 unspecified atom stereocenters. The highest BCUT2D eigenvalue weighted by atomic mass is 127. The number of nitrogens with one attached hydrogen (secondary N) is 2. The Morgan fingerprint density at radius 3 is 2.50 bits per heavy atom. The first-order chi connectivity index (χ1) is 13.0. The number of hydrogen-bond donors (Lipinski definition) is 2. The van der Waals surface area contributed by atoms with Crippen molar-refractivity contribution in [1.29, 1.82) is 0 Å². The Hall–Kier alpha value is -0.240. The van der Waals surface area contributed by atoms with Crippen LogP contribution in [0.4, 0.5) is 4.39 Å². The minimum atomic E-state index is -3.21. The maximum Gasteiger partial charge on any atom is 0.215 e. The highest BCUT2D eigenvalue weighted by Crippen LogP contribution is 2.18. The van der Waals surface area contributed by atoms with E-state index in [1.807, 2.05) is 0 Å². The van der Waals surface area contributed by atoms with E-state index in [1.165, 1.54) is 12.1 Å². The molecule has 2 rings (SSSR count). The van der Waals surface area contributed by atoms with Gasteiger partial charge in [0.15, 0.2) is 5.96 Å². The Bertz CT molecular complexity index is 699. The van der Waals surface area contributed by atoms with Gasteiger partial charge in [-0.1, -0.05) is 0 Å². The molecule has 1 aliphatic heterocycles. The zero-order valence-corrected chi connectivity index (χ0v) is 20.7. The molecule has 6 nitrogen and oxygen atoms in total. The summed E-state index contributed by atoms with van der Waals surface area (Å²) in [5.74, 6) is 3.08. The Kier molecular flexibility index (Phi) is 12.8. The Morgan fingerprint density at radius 1 is 1.21 bits per heavy atom. The Morgan fingerprint density at radius 2 is 1.86 bits per heavy atom. The number of aliphatic imine (C=N–C) groups is 1. The predicted molar refractivity (Wildman–Crippen MR) is 129 cm³/mol. The lowest BCUT2D eigenvalue weighted by molar-refractivity contribution is 0.443. The number of hydrogen-bond acceptors (Lipinski definition) is 5. The van der Waals surface area contributed by atoms with Crippen LogP contribution < -0.4 is 10.6 Å². The van der Waals surface area contributed by atoms with Gasteiger partial charge in [0.2, 0.25) is 10.0 Å². The molecular weight excluding hydrogens is 534 g/mol. The summed E-state index contributed by atoms with van der Waals surface area (Å²) in [4.78, 5) is 5.16. The maximum absolute atomic E-state index is 12.9. The van der Waals surface area contributed by atoms with E-state index in [9.17, 15) is 12.8 Å². The van der Waals surface area contributed by atoms with Gasteiger partial charge in [-0.05, 0) is 36.4 Å². The highest BCUT2D eigenvalue weighted by Gasteiger charge is 2.23. The molecule has 0 atom stereocenters. The first-order valence-electron chi connectivity index (χ1n) is 8.90. The second-order valence-corrected chi connectivity index (χ2v) is 10.4. The standard InChI is InChI=1S/C17H27FN4O2S3.HI/c1-19-17(20-7-2-11-26-16-5-3-15(18)4-6-16)21-8-14-27(23,24)22-9-12-25-13-10-22;/h3-6H,2,7-14H2,1H3,(H2,19,20,21);1H. The molecule has 0 saturated carbocycles. The van der Waals surface area contributed by atoms with Gasteiger partial charge >= 0.3 is 0 Å². The summed E-state index contributed by atoms with van der Waals surface area (Å²) in [5, 5.41) is 6.24. The van der Waals surface area contributed by atoms with Crippen molar-refractivity contribution < 1.29 is 12.8 Å². The molecule has 1 heterocycles. The van der Waals surface area contributed by atoms with Crippen LogP contribution in [-0.2, 0) is 10.0 Å². The largest absolute Gasteiger partial charge is 0.356 e. The van der Waals surface area contributed by atoms with Crippen molar-refractivity contribution in [2.75, 3.05) is 56.2 Å². The molecule has 1 fully saturated rings. The third-order valence-corrected chi connectivity index (χ3v) is 7.85. The van der Waals surface area contributed by atoms with Crippen molar-refractivity contribution in [3.8, 4) is 0 Å². The van der Waals surface area contributed by atoms with E-state index in [0.717, 1.165) is 35.1 Å². The van der Waals surface area contributed by atoms with Gasteiger partial charge in [0.05, 0.1) is 5.75 Å². The topological polar surface area (TPSA) is 73.8 Å². The molecule has 1 aliphatic rings. The van der Waals surface area contributed by atoms with E-state index in [0.29, 0.717) is 25.6 Å². The monoisotopic (exact) mass is 562 g/mol. The smallest absolute Gasteiger partial charge is 0.215 e. The van der Waals surface area contributed by atoms with Gasteiger partial charge < -0.3 is 10.6 Å². The number of rotatable bonds is 9. The van der Waals surface area contributed by atoms with Crippen molar-refractivity contribution >= 4 is 63.5 Å². The van der Waals surface area contributed by atoms with E-state index >= 15 is 0 Å². The van der Waals surface area contributed by atoms with Gasteiger partial charge in [-0.2, -0.15) is 11.8 Å². The van der Waals surface area contributed by atoms with E-state index < -0.39 is 10.0 Å². The summed E-state index contributed by atoms with van der Waals surface area (Å²) in [7, 11) is -1.54. The van der Waals surface area contributed by atoms with Crippen molar-refractivity contribution in [3.63, 3.8) is 0 Å². The Balaban J connectivity index is 0.00000392. The van der Waals surface area contributed by atoms with Crippen LogP contribution in [0, 0.1) is 5.82 Å². The second-order valence-electron chi connectivity index (χ2n) is 5.91. The van der Waals surface area contributed by atoms with Crippen LogP contribution >= 0.6 is 47.5 Å². The van der Waals surface area contributed by atoms with Crippen molar-refractivity contribution in [3.05, 3.63) is 30.1 Å². The molecule has 0 spiro atoms. The zero-order valence-electron chi connectivity index (χ0n) is 15.9. The molecule has 0 bridgehead atoms. The van der Waals surface area contributed by atoms with Crippen molar-refractivity contribution in [2.45, 2.75) is 11.3 Å². The third kappa shape index (κ3) is 9.51. The van der Waals surface area contributed by atoms with E-state index in [1.54, 1.807) is 47.0 Å². The Labute approximate surface area is 193 Å². The fourth-order valence-corrected chi connectivity index (χ4v) is 5.82. The van der Waals surface area contributed by atoms with Gasteiger partial charge in [-0.25, -0.2) is 17.1 Å². The number of guanidine groups is 1. The molecule has 11 heteroatoms. The molecule has 0 aliphatic carbocycles. The van der Waals surface area contributed by atoms with Crippen LogP contribution in [0.15, 0.2) is 34.2 Å².